The van der Waals surface area contributed by atoms with E-state index in [0.717, 1.165) is 52.1 Å². The van der Waals surface area contributed by atoms with Gasteiger partial charge in [0.25, 0.3) is 0 Å². The van der Waals surface area contributed by atoms with Crippen LogP contribution < -0.4 is 9.80 Å². The van der Waals surface area contributed by atoms with Crippen LogP contribution in [0.4, 0.5) is 11.4 Å². The molecule has 7 nitrogen and oxygen atoms in total. The number of hydrogen-bond donors (Lipinski definition) is 2. The number of rotatable bonds is 4. The minimum Gasteiger partial charge on any atom is -0.478 e. The molecule has 3 aromatic heterocycles. The van der Waals surface area contributed by atoms with Gasteiger partial charge < -0.3 is 19.9 Å². The van der Waals surface area contributed by atoms with Crippen LogP contribution in [-0.2, 0) is 4.79 Å². The Labute approximate surface area is 181 Å². The van der Waals surface area contributed by atoms with Gasteiger partial charge >= 0.3 is 5.97 Å². The number of carbonyl (C=O) groups is 1. The number of hydrogen-bond acceptors (Lipinski definition) is 5. The molecular weight excluding hydrogens is 446 g/mol. The van der Waals surface area contributed by atoms with Crippen LogP contribution in [0.5, 0.6) is 0 Å². The van der Waals surface area contributed by atoms with Crippen LogP contribution in [0.2, 0.25) is 0 Å². The van der Waals surface area contributed by atoms with Gasteiger partial charge in [0.1, 0.15) is 5.65 Å². The number of nitrogens with zero attached hydrogens (tertiary/aromatic N) is 4. The minimum atomic E-state index is -0.901. The van der Waals surface area contributed by atoms with Crippen LogP contribution in [0.1, 0.15) is 18.0 Å². The predicted octanol–water partition coefficient (Wildman–Crippen LogP) is 4.06. The molecule has 1 fully saturated rings. The van der Waals surface area contributed by atoms with E-state index in [2.05, 4.69) is 41.8 Å². The second kappa shape index (κ2) is 7.60. The van der Waals surface area contributed by atoms with Gasteiger partial charge in [-0.25, -0.2) is 9.78 Å². The van der Waals surface area contributed by atoms with E-state index in [1.54, 1.807) is 12.2 Å². The molecular formula is C22H20BrN5O2. The van der Waals surface area contributed by atoms with Crippen molar-refractivity contribution >= 4 is 44.3 Å². The molecule has 3 aromatic rings. The summed E-state index contributed by atoms with van der Waals surface area (Å²) in [5, 5.41) is 10.4. The maximum atomic E-state index is 11.5. The highest BCUT2D eigenvalue weighted by atomic mass is 79.9. The molecule has 2 N–H and O–H groups in total. The van der Waals surface area contributed by atoms with E-state index in [-0.39, 0.29) is 0 Å². The number of pyridine rings is 2. The highest BCUT2D eigenvalue weighted by Gasteiger charge is 2.29. The average molecular weight is 466 g/mol. The molecule has 30 heavy (non-hydrogen) atoms. The molecule has 1 saturated heterocycles. The highest BCUT2D eigenvalue weighted by molar-refractivity contribution is 9.10. The second-order valence-corrected chi connectivity index (χ2v) is 8.36. The Hall–Kier alpha value is -3.13. The van der Waals surface area contributed by atoms with Crippen molar-refractivity contribution in [2.75, 3.05) is 29.4 Å². The first-order valence-electron chi connectivity index (χ1n) is 9.80. The number of anilines is 2. The SMILES string of the molecule is O=C(O)C1=CC=CN(c2c[nH]c3ncc(Br)c(N4CCC(c5ccccn5)C4)c23)C1. The van der Waals surface area contributed by atoms with Gasteiger partial charge in [0.15, 0.2) is 0 Å². The van der Waals surface area contributed by atoms with E-state index in [4.69, 9.17) is 0 Å². The summed E-state index contributed by atoms with van der Waals surface area (Å²) in [4.78, 5) is 28.1. The Balaban J connectivity index is 1.53. The number of aromatic nitrogens is 3. The molecule has 1 unspecified atom stereocenters. The van der Waals surface area contributed by atoms with E-state index in [1.165, 1.54) is 0 Å². The summed E-state index contributed by atoms with van der Waals surface area (Å²) in [6.45, 7) is 2.09. The van der Waals surface area contributed by atoms with Crippen LogP contribution in [0.3, 0.4) is 0 Å². The third kappa shape index (κ3) is 3.27. The standard InChI is InChI=1S/C22H20BrN5O2/c23-16-10-25-21-19(18(11-26-21)27-8-3-4-15(13-27)22(29)30)20(16)28-9-6-14(12-28)17-5-1-2-7-24-17/h1-5,7-8,10-11,14H,6,9,12-13H2,(H,25,26)(H,29,30). The molecule has 0 amide bonds. The normalized spacial score (nSPS) is 18.8. The van der Waals surface area contributed by atoms with Crippen LogP contribution in [0, 0.1) is 0 Å². The Morgan fingerprint density at radius 3 is 3.00 bits per heavy atom. The molecule has 152 valence electrons. The van der Waals surface area contributed by atoms with E-state index < -0.39 is 5.97 Å². The fourth-order valence-corrected chi connectivity index (χ4v) is 4.81. The maximum Gasteiger partial charge on any atom is 0.333 e. The number of allylic oxidation sites excluding steroid dienone is 2. The molecule has 0 bridgehead atoms. The molecule has 0 aliphatic carbocycles. The molecule has 2 aliphatic rings. The lowest BCUT2D eigenvalue weighted by Crippen LogP contribution is -2.25. The molecule has 0 spiro atoms. The molecule has 0 radical (unpaired) electrons. The third-order valence-electron chi connectivity index (χ3n) is 5.71. The Morgan fingerprint density at radius 1 is 1.30 bits per heavy atom. The average Bonchev–Trinajstić information content (AvgIpc) is 3.42. The van der Waals surface area contributed by atoms with E-state index >= 15 is 0 Å². The number of fused-ring (bicyclic) bond motifs is 1. The van der Waals surface area contributed by atoms with Crippen LogP contribution >= 0.6 is 15.9 Å². The van der Waals surface area contributed by atoms with Crippen molar-refractivity contribution in [3.63, 3.8) is 0 Å². The lowest BCUT2D eigenvalue weighted by Gasteiger charge is -2.26. The fourth-order valence-electron chi connectivity index (χ4n) is 4.25. The monoisotopic (exact) mass is 465 g/mol. The smallest absolute Gasteiger partial charge is 0.333 e. The van der Waals surface area contributed by atoms with Crippen molar-refractivity contribution < 1.29 is 9.90 Å². The van der Waals surface area contributed by atoms with E-state index in [1.807, 2.05) is 41.8 Å². The molecule has 5 heterocycles. The van der Waals surface area contributed by atoms with Crippen molar-refractivity contribution in [2.24, 2.45) is 0 Å². The number of aliphatic carboxylic acids is 1. The van der Waals surface area contributed by atoms with E-state index in [0.29, 0.717) is 18.0 Å². The second-order valence-electron chi connectivity index (χ2n) is 7.50. The molecule has 0 aromatic carbocycles. The third-order valence-corrected chi connectivity index (χ3v) is 6.29. The summed E-state index contributed by atoms with van der Waals surface area (Å²) in [7, 11) is 0. The van der Waals surface area contributed by atoms with Gasteiger partial charge in [-0.2, -0.15) is 0 Å². The largest absolute Gasteiger partial charge is 0.478 e. The quantitative estimate of drug-likeness (QED) is 0.604. The number of carboxylic acids is 1. The van der Waals surface area contributed by atoms with Crippen molar-refractivity contribution in [3.8, 4) is 0 Å². The lowest BCUT2D eigenvalue weighted by molar-refractivity contribution is -0.132. The Bertz CT molecular complexity index is 1170. The summed E-state index contributed by atoms with van der Waals surface area (Å²) < 4.78 is 0.924. The van der Waals surface area contributed by atoms with Gasteiger partial charge in [0.2, 0.25) is 0 Å². The molecule has 2 aliphatic heterocycles. The summed E-state index contributed by atoms with van der Waals surface area (Å²) in [5.41, 5.74) is 4.25. The van der Waals surface area contributed by atoms with E-state index in [9.17, 15) is 9.90 Å². The van der Waals surface area contributed by atoms with Crippen molar-refractivity contribution in [1.29, 1.82) is 0 Å². The van der Waals surface area contributed by atoms with Gasteiger partial charge in [-0.1, -0.05) is 6.07 Å². The summed E-state index contributed by atoms with van der Waals surface area (Å²) in [6, 6.07) is 6.06. The zero-order chi connectivity index (χ0) is 20.7. The predicted molar refractivity (Wildman–Crippen MR) is 120 cm³/mol. The van der Waals surface area contributed by atoms with Gasteiger partial charge in [-0.05, 0) is 46.6 Å². The lowest BCUT2D eigenvalue weighted by atomic mass is 10.0. The fraction of sp³-hybridized carbons (Fsp3) is 0.227. The number of aromatic amines is 1. The summed E-state index contributed by atoms with van der Waals surface area (Å²) in [6.07, 6.45) is 11.9. The number of nitrogens with one attached hydrogen (secondary N) is 1. The van der Waals surface area contributed by atoms with Gasteiger partial charge in [-0.15, -0.1) is 0 Å². The molecule has 1 atom stereocenters. The Morgan fingerprint density at radius 2 is 2.20 bits per heavy atom. The zero-order valence-corrected chi connectivity index (χ0v) is 17.7. The van der Waals surface area contributed by atoms with Crippen molar-refractivity contribution in [1.82, 2.24) is 15.0 Å². The molecule has 8 heteroatoms. The first-order valence-corrected chi connectivity index (χ1v) is 10.6. The minimum absolute atomic E-state index is 0.307. The van der Waals surface area contributed by atoms with Crippen LogP contribution in [0.15, 0.2) is 65.2 Å². The Kier molecular flexibility index (Phi) is 4.78. The summed E-state index contributed by atoms with van der Waals surface area (Å²) >= 11 is 3.71. The topological polar surface area (TPSA) is 85.3 Å². The van der Waals surface area contributed by atoms with Gasteiger partial charge in [0, 0.05) is 49.5 Å². The molecule has 0 saturated carbocycles. The van der Waals surface area contributed by atoms with Crippen LogP contribution in [0.25, 0.3) is 11.0 Å². The van der Waals surface area contributed by atoms with Crippen molar-refractivity contribution in [3.05, 3.63) is 70.9 Å². The highest BCUT2D eigenvalue weighted by Crippen LogP contribution is 2.42. The van der Waals surface area contributed by atoms with Gasteiger partial charge in [-0.3, -0.25) is 4.98 Å². The van der Waals surface area contributed by atoms with Crippen molar-refractivity contribution in [2.45, 2.75) is 12.3 Å². The number of H-pyrrole nitrogens is 1. The zero-order valence-electron chi connectivity index (χ0n) is 16.1. The number of halogens is 1. The van der Waals surface area contributed by atoms with Crippen LogP contribution in [-0.4, -0.2) is 45.7 Å². The first kappa shape index (κ1) is 18.9. The van der Waals surface area contributed by atoms with Gasteiger partial charge in [0.05, 0.1) is 33.4 Å². The number of carboxylic acid groups (broad SMARTS) is 1. The summed E-state index contributed by atoms with van der Waals surface area (Å²) in [5.74, 6) is -0.526. The molecule has 5 rings (SSSR count). The first-order chi connectivity index (χ1) is 14.6. The maximum absolute atomic E-state index is 11.5.